The van der Waals surface area contributed by atoms with E-state index in [1.54, 1.807) is 4.52 Å². The molecule has 0 radical (unpaired) electrons. The minimum absolute atomic E-state index is 0.0171. The lowest BCUT2D eigenvalue weighted by Crippen LogP contribution is -2.25. The summed E-state index contributed by atoms with van der Waals surface area (Å²) in [6.07, 6.45) is 1.76. The van der Waals surface area contributed by atoms with Crippen molar-refractivity contribution >= 4 is 22.2 Å². The number of nitrogens with zero attached hydrogens (tertiary/aromatic N) is 4. The molecule has 0 atom stereocenters. The van der Waals surface area contributed by atoms with E-state index in [1.165, 1.54) is 11.3 Å². The van der Waals surface area contributed by atoms with Crippen LogP contribution in [-0.2, 0) is 17.6 Å². The number of aromatic nitrogens is 4. The molecule has 130 valence electrons. The van der Waals surface area contributed by atoms with Gasteiger partial charge in [-0.3, -0.25) is 4.79 Å². The number of carbonyl (C=O) groups excluding carboxylic acids is 1. The summed E-state index contributed by atoms with van der Waals surface area (Å²) in [6.45, 7) is 2.71. The van der Waals surface area contributed by atoms with E-state index in [-0.39, 0.29) is 12.7 Å². The van der Waals surface area contributed by atoms with Gasteiger partial charge in [0.25, 0.3) is 0 Å². The summed E-state index contributed by atoms with van der Waals surface area (Å²) in [4.78, 5) is 12.8. The number of nitrogens with one attached hydrogen (secondary N) is 1. The smallest absolute Gasteiger partial charge is 0.234 e. The zero-order chi connectivity index (χ0) is 17.2. The van der Waals surface area contributed by atoms with E-state index in [0.717, 1.165) is 39.3 Å². The highest BCUT2D eigenvalue weighted by atomic mass is 32.1. The zero-order valence-electron chi connectivity index (χ0n) is 13.7. The fourth-order valence-electron chi connectivity index (χ4n) is 2.61. The minimum Gasteiger partial charge on any atom is -0.454 e. The van der Waals surface area contributed by atoms with Crippen molar-refractivity contribution < 1.29 is 14.3 Å². The summed E-state index contributed by atoms with van der Waals surface area (Å²) >= 11 is 1.46. The van der Waals surface area contributed by atoms with Gasteiger partial charge in [0.2, 0.25) is 17.7 Å². The van der Waals surface area contributed by atoms with E-state index in [2.05, 4.69) is 20.6 Å². The van der Waals surface area contributed by atoms with Crippen LogP contribution < -0.4 is 14.8 Å². The molecule has 1 aliphatic rings. The summed E-state index contributed by atoms with van der Waals surface area (Å²) in [5.41, 5.74) is 1.11. The normalized spacial score (nSPS) is 12.7. The van der Waals surface area contributed by atoms with E-state index in [1.807, 2.05) is 25.1 Å². The van der Waals surface area contributed by atoms with Crippen molar-refractivity contribution in [2.45, 2.75) is 26.2 Å². The van der Waals surface area contributed by atoms with Crippen LogP contribution in [0, 0.1) is 6.92 Å². The first-order valence-corrected chi connectivity index (χ1v) is 8.83. The molecule has 1 N–H and O–H groups in total. The van der Waals surface area contributed by atoms with Crippen molar-refractivity contribution in [1.82, 2.24) is 25.1 Å². The first-order valence-electron chi connectivity index (χ1n) is 8.02. The van der Waals surface area contributed by atoms with Crippen LogP contribution in [0.4, 0.5) is 0 Å². The van der Waals surface area contributed by atoms with Crippen molar-refractivity contribution in [2.75, 3.05) is 13.3 Å². The molecule has 1 aromatic carbocycles. The molecule has 8 nitrogen and oxygen atoms in total. The molecule has 2 aromatic heterocycles. The third-order valence-corrected chi connectivity index (χ3v) is 4.89. The second-order valence-electron chi connectivity index (χ2n) is 5.72. The second kappa shape index (κ2) is 6.67. The Bertz CT molecular complexity index is 920. The molecule has 0 fully saturated rings. The average molecular weight is 359 g/mol. The largest absolute Gasteiger partial charge is 0.454 e. The van der Waals surface area contributed by atoms with Gasteiger partial charge in [-0.2, -0.15) is 9.61 Å². The SMILES string of the molecule is Cc1nnc2sc(CCC(=O)NCCc3ccc4c(c3)OCO4)nn12. The average Bonchev–Trinajstić information content (AvgIpc) is 3.30. The topological polar surface area (TPSA) is 90.6 Å². The maximum Gasteiger partial charge on any atom is 0.234 e. The maximum absolute atomic E-state index is 12.0. The third kappa shape index (κ3) is 3.41. The van der Waals surface area contributed by atoms with E-state index in [4.69, 9.17) is 9.47 Å². The van der Waals surface area contributed by atoms with Gasteiger partial charge in [-0.15, -0.1) is 10.2 Å². The number of aryl methyl sites for hydroxylation is 2. The highest BCUT2D eigenvalue weighted by Gasteiger charge is 2.13. The fraction of sp³-hybridized carbons (Fsp3) is 0.375. The Morgan fingerprint density at radius 3 is 3.04 bits per heavy atom. The Hall–Kier alpha value is -2.68. The van der Waals surface area contributed by atoms with Crippen LogP contribution in [0.25, 0.3) is 4.96 Å². The molecule has 3 heterocycles. The molecule has 9 heteroatoms. The predicted octanol–water partition coefficient (Wildman–Crippen LogP) is 1.51. The van der Waals surface area contributed by atoms with Crippen LogP contribution in [0.3, 0.4) is 0 Å². The molecule has 1 aliphatic heterocycles. The molecule has 0 bridgehead atoms. The first kappa shape index (κ1) is 15.8. The van der Waals surface area contributed by atoms with Gasteiger partial charge in [0, 0.05) is 19.4 Å². The summed E-state index contributed by atoms with van der Waals surface area (Å²) in [5, 5.41) is 16.2. The van der Waals surface area contributed by atoms with Crippen LogP contribution in [0.5, 0.6) is 11.5 Å². The quantitative estimate of drug-likeness (QED) is 0.717. The van der Waals surface area contributed by atoms with Crippen molar-refractivity contribution in [2.24, 2.45) is 0 Å². The number of hydrogen-bond acceptors (Lipinski definition) is 7. The molecule has 0 aliphatic carbocycles. The lowest BCUT2D eigenvalue weighted by Gasteiger charge is -2.05. The van der Waals surface area contributed by atoms with Crippen LogP contribution in [0.15, 0.2) is 18.2 Å². The number of rotatable bonds is 6. The first-order chi connectivity index (χ1) is 12.2. The molecular weight excluding hydrogens is 342 g/mol. The lowest BCUT2D eigenvalue weighted by atomic mass is 10.1. The van der Waals surface area contributed by atoms with Crippen LogP contribution in [0.1, 0.15) is 22.8 Å². The van der Waals surface area contributed by atoms with Crippen LogP contribution >= 0.6 is 11.3 Å². The standard InChI is InChI=1S/C16H17N5O3S/c1-10-18-19-16-21(10)20-15(25-16)5-4-14(22)17-7-6-11-2-3-12-13(8-11)24-9-23-12/h2-3,8H,4-7,9H2,1H3,(H,17,22). The van der Waals surface area contributed by atoms with Gasteiger partial charge in [-0.1, -0.05) is 17.4 Å². The number of ether oxygens (including phenoxy) is 2. The number of fused-ring (bicyclic) bond motifs is 2. The number of amides is 1. The lowest BCUT2D eigenvalue weighted by molar-refractivity contribution is -0.121. The van der Waals surface area contributed by atoms with Crippen LogP contribution in [-0.4, -0.2) is 39.1 Å². The van der Waals surface area contributed by atoms with Crippen molar-refractivity contribution in [3.63, 3.8) is 0 Å². The molecule has 25 heavy (non-hydrogen) atoms. The third-order valence-electron chi connectivity index (χ3n) is 3.93. The Kier molecular flexibility index (Phi) is 4.22. The molecule has 0 saturated heterocycles. The summed E-state index contributed by atoms with van der Waals surface area (Å²) in [7, 11) is 0. The zero-order valence-corrected chi connectivity index (χ0v) is 14.5. The molecular formula is C16H17N5O3S. The summed E-state index contributed by atoms with van der Waals surface area (Å²) in [5.74, 6) is 2.31. The van der Waals surface area contributed by atoms with Crippen molar-refractivity contribution in [3.05, 3.63) is 34.6 Å². The Morgan fingerprint density at radius 2 is 2.16 bits per heavy atom. The number of hydrogen-bond donors (Lipinski definition) is 1. The van der Waals surface area contributed by atoms with E-state index >= 15 is 0 Å². The predicted molar refractivity (Wildman–Crippen MR) is 91.0 cm³/mol. The molecule has 0 unspecified atom stereocenters. The fourth-order valence-corrected chi connectivity index (χ4v) is 3.49. The summed E-state index contributed by atoms with van der Waals surface area (Å²) < 4.78 is 12.3. The van der Waals surface area contributed by atoms with Gasteiger partial charge >= 0.3 is 0 Å². The van der Waals surface area contributed by atoms with E-state index in [0.29, 0.717) is 19.4 Å². The number of benzene rings is 1. The second-order valence-corrected chi connectivity index (χ2v) is 6.77. The maximum atomic E-state index is 12.0. The van der Waals surface area contributed by atoms with Gasteiger partial charge in [0.05, 0.1) is 0 Å². The van der Waals surface area contributed by atoms with Gasteiger partial charge in [-0.05, 0) is 31.0 Å². The van der Waals surface area contributed by atoms with Crippen molar-refractivity contribution in [3.8, 4) is 11.5 Å². The Morgan fingerprint density at radius 1 is 1.28 bits per heavy atom. The van der Waals surface area contributed by atoms with Crippen molar-refractivity contribution in [1.29, 1.82) is 0 Å². The summed E-state index contributed by atoms with van der Waals surface area (Å²) in [6, 6.07) is 5.84. The molecule has 1 amide bonds. The van der Waals surface area contributed by atoms with E-state index in [9.17, 15) is 4.79 Å². The van der Waals surface area contributed by atoms with E-state index < -0.39 is 0 Å². The monoisotopic (exact) mass is 359 g/mol. The van der Waals surface area contributed by atoms with Gasteiger partial charge < -0.3 is 14.8 Å². The minimum atomic E-state index is 0.0171. The number of carbonyl (C=O) groups is 1. The molecule has 0 spiro atoms. The molecule has 4 rings (SSSR count). The van der Waals surface area contributed by atoms with Gasteiger partial charge in [0.1, 0.15) is 5.01 Å². The van der Waals surface area contributed by atoms with Gasteiger partial charge in [0.15, 0.2) is 17.3 Å². The molecule has 3 aromatic rings. The Balaban J connectivity index is 1.23. The highest BCUT2D eigenvalue weighted by molar-refractivity contribution is 7.16. The Labute approximate surface area is 147 Å². The van der Waals surface area contributed by atoms with Crippen LogP contribution in [0.2, 0.25) is 0 Å². The van der Waals surface area contributed by atoms with Gasteiger partial charge in [-0.25, -0.2) is 0 Å². The highest BCUT2D eigenvalue weighted by Crippen LogP contribution is 2.32. The molecule has 0 saturated carbocycles.